The van der Waals surface area contributed by atoms with Gasteiger partial charge >= 0.3 is 0 Å². The molecule has 0 amide bonds. The highest BCUT2D eigenvalue weighted by Gasteiger charge is 2.28. The van der Waals surface area contributed by atoms with Gasteiger partial charge in [0.25, 0.3) is 0 Å². The minimum absolute atomic E-state index is 0.00882. The summed E-state index contributed by atoms with van der Waals surface area (Å²) in [6.07, 6.45) is 2.57. The SMILES string of the molecule is O=S(=O)(CC1CCCCO1)c1nc2ccccc2n1Cc1ccccc1. The van der Waals surface area contributed by atoms with Crippen LogP contribution in [0.4, 0.5) is 0 Å². The monoisotopic (exact) mass is 370 g/mol. The van der Waals surface area contributed by atoms with Crippen LogP contribution in [0.2, 0.25) is 0 Å². The second-order valence-electron chi connectivity index (χ2n) is 6.72. The first-order chi connectivity index (χ1) is 12.6. The molecule has 3 aromatic rings. The van der Waals surface area contributed by atoms with Crippen LogP contribution < -0.4 is 0 Å². The van der Waals surface area contributed by atoms with Gasteiger partial charge in [-0.1, -0.05) is 42.5 Å². The van der Waals surface area contributed by atoms with Gasteiger partial charge in [0.05, 0.1) is 29.4 Å². The second kappa shape index (κ2) is 7.21. The average molecular weight is 370 g/mol. The smallest absolute Gasteiger partial charge is 0.229 e. The van der Waals surface area contributed by atoms with Crippen LogP contribution in [0.25, 0.3) is 11.0 Å². The maximum atomic E-state index is 13.1. The third-order valence-corrected chi connectivity index (χ3v) is 6.44. The van der Waals surface area contributed by atoms with Crippen molar-refractivity contribution in [2.24, 2.45) is 0 Å². The van der Waals surface area contributed by atoms with Gasteiger partial charge in [0.1, 0.15) is 0 Å². The Hall–Kier alpha value is -2.18. The molecule has 5 nitrogen and oxygen atoms in total. The molecule has 1 unspecified atom stereocenters. The third-order valence-electron chi connectivity index (χ3n) is 4.76. The van der Waals surface area contributed by atoms with E-state index in [1.54, 1.807) is 0 Å². The summed E-state index contributed by atoms with van der Waals surface area (Å²) in [7, 11) is -3.55. The molecule has 0 saturated carbocycles. The molecular weight excluding hydrogens is 348 g/mol. The maximum Gasteiger partial charge on any atom is 0.229 e. The Labute approximate surface area is 153 Å². The van der Waals surface area contributed by atoms with Crippen LogP contribution in [0.5, 0.6) is 0 Å². The molecule has 0 aliphatic carbocycles. The molecule has 1 atom stereocenters. The zero-order valence-electron chi connectivity index (χ0n) is 14.5. The van der Waals surface area contributed by atoms with Crippen molar-refractivity contribution in [1.82, 2.24) is 9.55 Å². The van der Waals surface area contributed by atoms with Gasteiger partial charge in [-0.3, -0.25) is 0 Å². The van der Waals surface area contributed by atoms with E-state index >= 15 is 0 Å². The summed E-state index contributed by atoms with van der Waals surface area (Å²) in [4.78, 5) is 4.47. The van der Waals surface area contributed by atoms with Crippen molar-refractivity contribution in [2.45, 2.75) is 37.1 Å². The van der Waals surface area contributed by atoms with E-state index in [9.17, 15) is 8.42 Å². The fraction of sp³-hybridized carbons (Fsp3) is 0.350. The molecule has 4 rings (SSSR count). The Morgan fingerprint density at radius 1 is 1.04 bits per heavy atom. The number of fused-ring (bicyclic) bond motifs is 1. The molecule has 2 heterocycles. The minimum Gasteiger partial charge on any atom is -0.377 e. The molecule has 0 bridgehead atoms. The van der Waals surface area contributed by atoms with E-state index in [1.165, 1.54) is 0 Å². The summed E-state index contributed by atoms with van der Waals surface area (Å²) in [6.45, 7) is 1.11. The van der Waals surface area contributed by atoms with E-state index in [4.69, 9.17) is 4.74 Å². The molecule has 6 heteroatoms. The van der Waals surface area contributed by atoms with Crippen LogP contribution >= 0.6 is 0 Å². The molecule has 1 saturated heterocycles. The minimum atomic E-state index is -3.55. The maximum absolute atomic E-state index is 13.1. The van der Waals surface area contributed by atoms with E-state index in [0.29, 0.717) is 18.7 Å². The van der Waals surface area contributed by atoms with Crippen LogP contribution in [0.1, 0.15) is 24.8 Å². The zero-order valence-corrected chi connectivity index (χ0v) is 15.4. The van der Waals surface area contributed by atoms with E-state index in [-0.39, 0.29) is 17.0 Å². The average Bonchev–Trinajstić information content (AvgIpc) is 3.03. The highest BCUT2D eigenvalue weighted by atomic mass is 32.2. The highest BCUT2D eigenvalue weighted by Crippen LogP contribution is 2.24. The standard InChI is InChI=1S/C20H22N2O3S/c23-26(24,15-17-10-6-7-13-25-17)20-21-18-11-4-5-12-19(18)22(20)14-16-8-2-1-3-9-16/h1-5,8-9,11-12,17H,6-7,10,13-15H2. The summed E-state index contributed by atoms with van der Waals surface area (Å²) in [5.74, 6) is -0.00882. The van der Waals surface area contributed by atoms with Crippen molar-refractivity contribution in [3.63, 3.8) is 0 Å². The summed E-state index contributed by atoms with van der Waals surface area (Å²) >= 11 is 0. The Balaban J connectivity index is 1.74. The van der Waals surface area contributed by atoms with Gasteiger partial charge in [0.15, 0.2) is 0 Å². The number of ether oxygens (including phenoxy) is 1. The van der Waals surface area contributed by atoms with E-state index in [1.807, 2.05) is 59.2 Å². The number of hydrogen-bond donors (Lipinski definition) is 0. The fourth-order valence-corrected chi connectivity index (χ4v) is 5.11. The van der Waals surface area contributed by atoms with Gasteiger partial charge in [-0.2, -0.15) is 0 Å². The zero-order chi connectivity index (χ0) is 18.0. The largest absolute Gasteiger partial charge is 0.377 e. The van der Waals surface area contributed by atoms with Gasteiger partial charge in [-0.05, 0) is 37.0 Å². The normalized spacial score (nSPS) is 18.2. The van der Waals surface area contributed by atoms with Crippen LogP contribution in [-0.4, -0.2) is 36.4 Å². The molecule has 0 radical (unpaired) electrons. The Kier molecular flexibility index (Phi) is 4.78. The van der Waals surface area contributed by atoms with Gasteiger partial charge in [-0.15, -0.1) is 0 Å². The predicted molar refractivity (Wildman–Crippen MR) is 101 cm³/mol. The van der Waals surface area contributed by atoms with E-state index in [0.717, 1.165) is 30.3 Å². The molecule has 1 aromatic heterocycles. The van der Waals surface area contributed by atoms with Gasteiger partial charge in [0.2, 0.25) is 15.0 Å². The number of benzene rings is 2. The topological polar surface area (TPSA) is 61.2 Å². The quantitative estimate of drug-likeness (QED) is 0.690. The van der Waals surface area contributed by atoms with Gasteiger partial charge in [-0.25, -0.2) is 13.4 Å². The number of aromatic nitrogens is 2. The van der Waals surface area contributed by atoms with Crippen LogP contribution in [0.3, 0.4) is 0 Å². The summed E-state index contributed by atoms with van der Waals surface area (Å²) in [5.41, 5.74) is 2.58. The van der Waals surface area contributed by atoms with Crippen molar-refractivity contribution in [3.8, 4) is 0 Å². The Morgan fingerprint density at radius 3 is 2.58 bits per heavy atom. The number of sulfone groups is 1. The first-order valence-electron chi connectivity index (χ1n) is 8.97. The van der Waals surface area contributed by atoms with Crippen LogP contribution in [0, 0.1) is 0 Å². The number of para-hydroxylation sites is 2. The number of imidazole rings is 1. The lowest BCUT2D eigenvalue weighted by molar-refractivity contribution is 0.0304. The van der Waals surface area contributed by atoms with Crippen molar-refractivity contribution in [3.05, 3.63) is 60.2 Å². The molecule has 0 spiro atoms. The Bertz CT molecular complexity index is 990. The van der Waals surface area contributed by atoms with Gasteiger partial charge < -0.3 is 9.30 Å². The van der Waals surface area contributed by atoms with Gasteiger partial charge in [0, 0.05) is 6.61 Å². The van der Waals surface area contributed by atoms with Crippen LogP contribution in [-0.2, 0) is 21.1 Å². The van der Waals surface area contributed by atoms with E-state index in [2.05, 4.69) is 4.98 Å². The van der Waals surface area contributed by atoms with Crippen molar-refractivity contribution >= 4 is 20.9 Å². The molecule has 1 fully saturated rings. The molecule has 0 N–H and O–H groups in total. The molecular formula is C20H22N2O3S. The van der Waals surface area contributed by atoms with Crippen molar-refractivity contribution in [1.29, 1.82) is 0 Å². The lowest BCUT2D eigenvalue weighted by Gasteiger charge is -2.22. The third kappa shape index (κ3) is 3.52. The molecule has 1 aliphatic rings. The lowest BCUT2D eigenvalue weighted by atomic mass is 10.1. The summed E-state index contributed by atoms with van der Waals surface area (Å²) in [5, 5.41) is 0.136. The first-order valence-corrected chi connectivity index (χ1v) is 10.6. The summed E-state index contributed by atoms with van der Waals surface area (Å²) < 4.78 is 33.7. The summed E-state index contributed by atoms with van der Waals surface area (Å²) in [6, 6.07) is 17.4. The van der Waals surface area contributed by atoms with E-state index < -0.39 is 9.84 Å². The number of nitrogens with zero attached hydrogens (tertiary/aromatic N) is 2. The predicted octanol–water partition coefficient (Wildman–Crippen LogP) is 3.43. The Morgan fingerprint density at radius 2 is 1.81 bits per heavy atom. The first kappa shape index (κ1) is 17.2. The fourth-order valence-electron chi connectivity index (χ4n) is 3.47. The van der Waals surface area contributed by atoms with Crippen molar-refractivity contribution in [2.75, 3.05) is 12.4 Å². The van der Waals surface area contributed by atoms with Crippen molar-refractivity contribution < 1.29 is 13.2 Å². The molecule has 2 aromatic carbocycles. The number of rotatable bonds is 5. The molecule has 136 valence electrons. The molecule has 1 aliphatic heterocycles. The second-order valence-corrected chi connectivity index (χ2v) is 8.65. The number of hydrogen-bond acceptors (Lipinski definition) is 4. The highest BCUT2D eigenvalue weighted by molar-refractivity contribution is 7.91. The lowest BCUT2D eigenvalue weighted by Crippen LogP contribution is -2.29. The molecule has 26 heavy (non-hydrogen) atoms. The van der Waals surface area contributed by atoms with Crippen LogP contribution in [0.15, 0.2) is 59.8 Å².